The zero-order valence-corrected chi connectivity index (χ0v) is 15.9. The molecule has 1 aromatic heterocycles. The first-order valence-corrected chi connectivity index (χ1v) is 9.35. The molecule has 1 heterocycles. The summed E-state index contributed by atoms with van der Waals surface area (Å²) >= 11 is 0. The van der Waals surface area contributed by atoms with Gasteiger partial charge < -0.3 is 14.0 Å². The summed E-state index contributed by atoms with van der Waals surface area (Å²) in [4.78, 5) is 11.6. The number of hydrogen-bond acceptors (Lipinski definition) is 4. The highest BCUT2D eigenvalue weighted by Crippen LogP contribution is 2.40. The number of benzene rings is 2. The van der Waals surface area contributed by atoms with Crippen LogP contribution < -0.4 is 10.1 Å². The zero-order valence-electron chi connectivity index (χ0n) is 15.9. The van der Waals surface area contributed by atoms with E-state index in [9.17, 15) is 14.4 Å². The summed E-state index contributed by atoms with van der Waals surface area (Å²) in [6.45, 7) is -0.144. The number of nitriles is 1. The van der Waals surface area contributed by atoms with Gasteiger partial charge in [-0.25, -0.2) is 9.18 Å². The molecule has 3 aromatic rings. The number of carbonyl (C=O) groups excluding carboxylic acids is 1. The number of methoxy groups -OCH3 is 1. The number of carbonyl (C=O) groups is 1. The number of alkyl halides is 1. The van der Waals surface area contributed by atoms with Gasteiger partial charge in [0.15, 0.2) is 0 Å². The lowest BCUT2D eigenvalue weighted by molar-refractivity contribution is 0.187. The van der Waals surface area contributed by atoms with Crippen LogP contribution in [0.25, 0.3) is 22.2 Å². The van der Waals surface area contributed by atoms with E-state index in [2.05, 4.69) is 20.7 Å². The van der Waals surface area contributed by atoms with Gasteiger partial charge in [-0.2, -0.15) is 5.26 Å². The van der Waals surface area contributed by atoms with E-state index in [1.165, 1.54) is 7.11 Å². The number of nitrogens with one attached hydrogen (secondary N) is 1. The SMILES string of the molecule is COC(=O)Nc1cccc(-c2c(C#N)c3ccc(OCF)cc3n2CC2CC2)c1. The molecule has 2 aromatic carbocycles. The highest BCUT2D eigenvalue weighted by molar-refractivity contribution is 5.96. The maximum absolute atomic E-state index is 12.7. The van der Waals surface area contributed by atoms with Crippen molar-refractivity contribution in [2.24, 2.45) is 5.92 Å². The van der Waals surface area contributed by atoms with Gasteiger partial charge in [-0.1, -0.05) is 12.1 Å². The number of rotatable bonds is 6. The van der Waals surface area contributed by atoms with Gasteiger partial charge in [0, 0.05) is 29.2 Å². The van der Waals surface area contributed by atoms with E-state index in [0.717, 1.165) is 41.5 Å². The number of fused-ring (bicyclic) bond motifs is 1. The Balaban J connectivity index is 1.89. The average Bonchev–Trinajstić information content (AvgIpc) is 3.50. The van der Waals surface area contributed by atoms with Crippen LogP contribution in [-0.2, 0) is 11.3 Å². The normalized spacial score (nSPS) is 13.1. The van der Waals surface area contributed by atoms with Gasteiger partial charge in [-0.05, 0) is 43.0 Å². The molecule has 6 nitrogen and oxygen atoms in total. The molecule has 0 radical (unpaired) electrons. The Kier molecular flexibility index (Phi) is 5.09. The Morgan fingerprint density at radius 1 is 1.31 bits per heavy atom. The molecule has 1 N–H and O–H groups in total. The van der Waals surface area contributed by atoms with E-state index in [1.807, 2.05) is 18.2 Å². The van der Waals surface area contributed by atoms with Gasteiger partial charge in [0.25, 0.3) is 0 Å². The Bertz CT molecular complexity index is 1110. The summed E-state index contributed by atoms with van der Waals surface area (Å²) in [6.07, 6.45) is 1.73. The monoisotopic (exact) mass is 393 g/mol. The van der Waals surface area contributed by atoms with E-state index in [1.54, 1.807) is 24.3 Å². The van der Waals surface area contributed by atoms with Crippen LogP contribution in [0.15, 0.2) is 42.5 Å². The number of anilines is 1. The first-order valence-electron chi connectivity index (χ1n) is 9.35. The van der Waals surface area contributed by atoms with E-state index >= 15 is 0 Å². The highest BCUT2D eigenvalue weighted by atomic mass is 19.1. The second-order valence-corrected chi connectivity index (χ2v) is 7.02. The quantitative estimate of drug-likeness (QED) is 0.634. The lowest BCUT2D eigenvalue weighted by Gasteiger charge is -2.12. The predicted octanol–water partition coefficient (Wildman–Crippen LogP) is 5.07. The molecule has 29 heavy (non-hydrogen) atoms. The predicted molar refractivity (Wildman–Crippen MR) is 107 cm³/mol. The van der Waals surface area contributed by atoms with Crippen LogP contribution in [0, 0.1) is 17.2 Å². The van der Waals surface area contributed by atoms with Crippen molar-refractivity contribution >= 4 is 22.7 Å². The lowest BCUT2D eigenvalue weighted by Crippen LogP contribution is -2.11. The van der Waals surface area contributed by atoms with Crippen LogP contribution in [-0.4, -0.2) is 24.6 Å². The third-order valence-corrected chi connectivity index (χ3v) is 5.07. The van der Waals surface area contributed by atoms with Gasteiger partial charge in [-0.15, -0.1) is 0 Å². The first kappa shape index (κ1) is 18.8. The molecule has 1 aliphatic rings. The highest BCUT2D eigenvalue weighted by Gasteiger charge is 2.26. The van der Waals surface area contributed by atoms with Crippen molar-refractivity contribution in [3.63, 3.8) is 0 Å². The molecule has 0 aliphatic heterocycles. The summed E-state index contributed by atoms with van der Waals surface area (Å²) < 4.78 is 24.5. The van der Waals surface area contributed by atoms with Crippen LogP contribution in [0.1, 0.15) is 18.4 Å². The summed E-state index contributed by atoms with van der Waals surface area (Å²) in [5.74, 6) is 0.977. The van der Waals surface area contributed by atoms with Crippen molar-refractivity contribution in [3.8, 4) is 23.1 Å². The molecule has 0 saturated heterocycles. The Morgan fingerprint density at radius 2 is 2.14 bits per heavy atom. The molecule has 0 bridgehead atoms. The number of amides is 1. The van der Waals surface area contributed by atoms with Crippen molar-refractivity contribution in [2.75, 3.05) is 19.3 Å². The van der Waals surface area contributed by atoms with E-state index in [4.69, 9.17) is 4.74 Å². The van der Waals surface area contributed by atoms with Crippen molar-refractivity contribution < 1.29 is 18.7 Å². The van der Waals surface area contributed by atoms with Crippen LogP contribution >= 0.6 is 0 Å². The van der Waals surface area contributed by atoms with Crippen LogP contribution in [0.4, 0.5) is 14.9 Å². The van der Waals surface area contributed by atoms with E-state index in [-0.39, 0.29) is 0 Å². The lowest BCUT2D eigenvalue weighted by atomic mass is 10.1. The fraction of sp³-hybridized carbons (Fsp3) is 0.273. The second kappa shape index (κ2) is 7.84. The number of halogens is 1. The Labute approximate surface area is 167 Å². The largest absolute Gasteiger partial charge is 0.463 e. The molecule has 4 rings (SSSR count). The maximum atomic E-state index is 12.7. The molecular formula is C22H20FN3O3. The smallest absolute Gasteiger partial charge is 0.411 e. The molecule has 0 spiro atoms. The summed E-state index contributed by atoms with van der Waals surface area (Å²) in [6, 6.07) is 14.9. The van der Waals surface area contributed by atoms with E-state index < -0.39 is 13.0 Å². The molecule has 7 heteroatoms. The minimum Gasteiger partial charge on any atom is -0.463 e. The molecule has 0 atom stereocenters. The number of hydrogen-bond donors (Lipinski definition) is 1. The van der Waals surface area contributed by atoms with Crippen LogP contribution in [0.5, 0.6) is 5.75 Å². The number of ether oxygens (including phenoxy) is 2. The average molecular weight is 393 g/mol. The number of nitrogens with zero attached hydrogens (tertiary/aromatic N) is 2. The summed E-state index contributed by atoms with van der Waals surface area (Å²) in [5, 5.41) is 13.4. The topological polar surface area (TPSA) is 76.3 Å². The van der Waals surface area contributed by atoms with Crippen molar-refractivity contribution in [2.45, 2.75) is 19.4 Å². The minimum absolute atomic E-state index is 0.423. The number of aromatic nitrogens is 1. The Hall–Kier alpha value is -3.53. The van der Waals surface area contributed by atoms with Crippen molar-refractivity contribution in [1.82, 2.24) is 4.57 Å². The third kappa shape index (κ3) is 3.74. The fourth-order valence-electron chi connectivity index (χ4n) is 3.56. The van der Waals surface area contributed by atoms with Gasteiger partial charge in [0.2, 0.25) is 6.86 Å². The molecule has 1 amide bonds. The molecule has 148 valence electrons. The molecule has 0 unspecified atom stereocenters. The standard InChI is InChI=1S/C22H20FN3O3/c1-28-22(27)25-16-4-2-3-15(9-16)21-19(11-24)18-8-7-17(29-13-23)10-20(18)26(21)12-14-5-6-14/h2-4,7-10,14H,5-6,12-13H2,1H3,(H,25,27). The Morgan fingerprint density at radius 3 is 2.83 bits per heavy atom. The third-order valence-electron chi connectivity index (χ3n) is 5.07. The van der Waals surface area contributed by atoms with Crippen molar-refractivity contribution in [1.29, 1.82) is 5.26 Å². The molecular weight excluding hydrogens is 373 g/mol. The molecule has 1 saturated carbocycles. The van der Waals surface area contributed by atoms with Gasteiger partial charge in [-0.3, -0.25) is 5.32 Å². The van der Waals surface area contributed by atoms with Crippen molar-refractivity contribution in [3.05, 3.63) is 48.0 Å². The molecule has 1 aliphatic carbocycles. The van der Waals surface area contributed by atoms with Gasteiger partial charge >= 0.3 is 6.09 Å². The first-order chi connectivity index (χ1) is 14.1. The molecule has 1 fully saturated rings. The summed E-state index contributed by atoms with van der Waals surface area (Å²) in [5.41, 5.74) is 3.53. The summed E-state index contributed by atoms with van der Waals surface area (Å²) in [7, 11) is 1.30. The van der Waals surface area contributed by atoms with E-state index in [0.29, 0.717) is 22.9 Å². The van der Waals surface area contributed by atoms with Gasteiger partial charge in [0.1, 0.15) is 11.8 Å². The fourth-order valence-corrected chi connectivity index (χ4v) is 3.56. The van der Waals surface area contributed by atoms with Crippen LogP contribution in [0.3, 0.4) is 0 Å². The van der Waals surface area contributed by atoms with Gasteiger partial charge in [0.05, 0.1) is 23.9 Å². The maximum Gasteiger partial charge on any atom is 0.411 e. The minimum atomic E-state index is -0.909. The second-order valence-electron chi connectivity index (χ2n) is 7.02. The zero-order chi connectivity index (χ0) is 20.4. The van der Waals surface area contributed by atoms with Crippen LogP contribution in [0.2, 0.25) is 0 Å².